The molecule has 290 valence electrons. The van der Waals surface area contributed by atoms with Crippen molar-refractivity contribution in [2.24, 2.45) is 20.5 Å². The van der Waals surface area contributed by atoms with E-state index >= 15 is 0 Å². The molecule has 16 nitrogen and oxygen atoms in total. The molecule has 0 bridgehead atoms. The summed E-state index contributed by atoms with van der Waals surface area (Å²) in [7, 11) is 3.24. The lowest BCUT2D eigenvalue weighted by atomic mass is 10.2. The third-order valence-corrected chi connectivity index (χ3v) is 11.4. The van der Waals surface area contributed by atoms with Crippen molar-refractivity contribution in [1.82, 2.24) is 10.6 Å². The van der Waals surface area contributed by atoms with E-state index < -0.39 is 0 Å². The highest BCUT2D eigenvalue weighted by Gasteiger charge is 2.17. The molecule has 2 amide bonds. The predicted molar refractivity (Wildman–Crippen MR) is 214 cm³/mol. The second kappa shape index (κ2) is 24.4. The van der Waals surface area contributed by atoms with Crippen molar-refractivity contribution in [3.05, 3.63) is 71.7 Å². The zero-order valence-electron chi connectivity index (χ0n) is 29.6. The summed E-state index contributed by atoms with van der Waals surface area (Å²) >= 11 is 2.76. The normalized spacial score (nSPS) is 11.4. The molecule has 2 heterocycles. The van der Waals surface area contributed by atoms with Crippen LogP contribution in [0.5, 0.6) is 0 Å². The number of nitrogens with zero attached hydrogens (tertiary/aromatic N) is 8. The molecule has 0 saturated heterocycles. The van der Waals surface area contributed by atoms with Gasteiger partial charge in [-0.25, -0.2) is 9.13 Å². The maximum Gasteiger partial charge on any atom is 0.408 e. The van der Waals surface area contributed by atoms with Crippen LogP contribution in [0.2, 0.25) is 0 Å². The molecule has 4 aromatic rings. The third-order valence-electron chi connectivity index (χ3n) is 7.46. The van der Waals surface area contributed by atoms with Gasteiger partial charge in [0.25, 0.3) is 11.8 Å². The number of thiazole rings is 2. The lowest BCUT2D eigenvalue weighted by molar-refractivity contribution is -0.667. The number of aliphatic hydroxyl groups is 4. The number of aliphatic hydroxyl groups excluding tert-OH is 4. The van der Waals surface area contributed by atoms with Gasteiger partial charge in [0.2, 0.25) is 0 Å². The van der Waals surface area contributed by atoms with Crippen molar-refractivity contribution in [2.45, 2.75) is 13.1 Å². The fraction of sp³-hybridized carbons (Fsp3) is 0.412. The molecule has 0 saturated carbocycles. The molecule has 6 N–H and O–H groups in total. The van der Waals surface area contributed by atoms with Gasteiger partial charge in [-0.1, -0.05) is 21.6 Å². The Hall–Kier alpha value is -4.02. The minimum atomic E-state index is -0.132. The SMILES string of the molecule is O=C(C[n+]1ccsc1N=Nc1ccc(N(CCO)CCO)cc1)NCCSSCCNC(=O)C[n+]1ccsc1N=Nc1ccc(N(CCO)CCO)cc1. The molecule has 2 aromatic heterocycles. The van der Waals surface area contributed by atoms with Crippen molar-refractivity contribution in [3.63, 3.8) is 0 Å². The van der Waals surface area contributed by atoms with E-state index in [1.807, 2.05) is 69.1 Å². The van der Waals surface area contributed by atoms with E-state index in [-0.39, 0.29) is 51.3 Å². The first-order valence-corrected chi connectivity index (χ1v) is 21.4. The smallest absolute Gasteiger partial charge is 0.395 e. The fourth-order valence-electron chi connectivity index (χ4n) is 4.88. The molecule has 0 radical (unpaired) electrons. The van der Waals surface area contributed by atoms with Gasteiger partial charge in [-0.15, -0.1) is 0 Å². The topological polar surface area (TPSA) is 203 Å². The van der Waals surface area contributed by atoms with Crippen LogP contribution < -0.4 is 29.6 Å². The van der Waals surface area contributed by atoms with E-state index in [4.69, 9.17) is 0 Å². The number of amides is 2. The van der Waals surface area contributed by atoms with Crippen molar-refractivity contribution in [1.29, 1.82) is 0 Å². The van der Waals surface area contributed by atoms with Crippen molar-refractivity contribution in [3.8, 4) is 0 Å². The quantitative estimate of drug-likeness (QED) is 0.0250. The zero-order chi connectivity index (χ0) is 38.4. The van der Waals surface area contributed by atoms with Crippen LogP contribution in [0.25, 0.3) is 0 Å². The Labute approximate surface area is 329 Å². The van der Waals surface area contributed by atoms with Crippen LogP contribution in [-0.2, 0) is 22.7 Å². The first kappa shape index (κ1) is 42.7. The summed E-state index contributed by atoms with van der Waals surface area (Å²) in [6.07, 6.45) is 3.59. The Bertz CT molecular complexity index is 1620. The molecule has 20 heteroatoms. The van der Waals surface area contributed by atoms with Gasteiger partial charge in [0.1, 0.15) is 23.8 Å². The summed E-state index contributed by atoms with van der Waals surface area (Å²) in [6.45, 7) is 2.88. The van der Waals surface area contributed by atoms with Crippen LogP contribution in [0.1, 0.15) is 0 Å². The molecule has 2 aromatic carbocycles. The molecule has 0 atom stereocenters. The van der Waals surface area contributed by atoms with Gasteiger partial charge < -0.3 is 40.9 Å². The number of azo groups is 2. The monoisotopic (exact) mass is 818 g/mol. The lowest BCUT2D eigenvalue weighted by Crippen LogP contribution is -2.42. The summed E-state index contributed by atoms with van der Waals surface area (Å²) in [4.78, 5) is 28.9. The fourth-order valence-corrected chi connectivity index (χ4v) is 8.05. The van der Waals surface area contributed by atoms with Crippen LogP contribution >= 0.6 is 44.3 Å². The number of nitrogens with one attached hydrogen (secondary N) is 2. The number of anilines is 2. The van der Waals surface area contributed by atoms with Gasteiger partial charge in [0, 0.05) is 72.9 Å². The number of rotatable bonds is 25. The standard InChI is InChI=1S/C34H44N10O6S4/c45-17-11-41(12-18-46)29-5-1-27(2-6-29)37-39-33-43(15-23-51-33)25-31(49)35-9-21-53-54-22-10-36-32(50)26-44-16-24-52-34(44)40-38-28-3-7-30(8-4-28)42(13-19-47)14-20-48/h1-8,15-16,23-24,45-48H,9-14,17-22,25-26H2/p+2. The van der Waals surface area contributed by atoms with Crippen LogP contribution in [-0.4, -0.2) is 109 Å². The highest BCUT2D eigenvalue weighted by Crippen LogP contribution is 2.24. The van der Waals surface area contributed by atoms with Gasteiger partial charge in [-0.3, -0.25) is 9.59 Å². The lowest BCUT2D eigenvalue weighted by Gasteiger charge is -2.22. The number of benzene rings is 2. The Kier molecular flexibility index (Phi) is 19.3. The molecule has 0 aliphatic heterocycles. The Morgan fingerprint density at radius 2 is 0.963 bits per heavy atom. The van der Waals surface area contributed by atoms with E-state index in [1.54, 1.807) is 43.1 Å². The molecule has 4 rings (SSSR count). The molecular formula is C34H46N10O6S4+2. The summed E-state index contributed by atoms with van der Waals surface area (Å²) in [6, 6.07) is 14.7. The third kappa shape index (κ3) is 14.7. The minimum Gasteiger partial charge on any atom is -0.395 e. The largest absolute Gasteiger partial charge is 0.408 e. The van der Waals surface area contributed by atoms with E-state index in [1.165, 1.54) is 22.7 Å². The first-order chi connectivity index (χ1) is 26.4. The van der Waals surface area contributed by atoms with Gasteiger partial charge >= 0.3 is 10.3 Å². The molecule has 0 spiro atoms. The number of carbonyl (C=O) groups is 2. The van der Waals surface area contributed by atoms with E-state index in [9.17, 15) is 30.0 Å². The molecule has 0 aliphatic rings. The molecule has 0 aliphatic carbocycles. The molecular weight excluding hydrogens is 773 g/mol. The number of aromatic nitrogens is 2. The summed E-state index contributed by atoms with van der Waals surface area (Å²) in [5.74, 6) is 1.15. The van der Waals surface area contributed by atoms with Crippen LogP contribution in [0.3, 0.4) is 0 Å². The Morgan fingerprint density at radius 1 is 0.593 bits per heavy atom. The van der Waals surface area contributed by atoms with E-state index in [0.29, 0.717) is 72.4 Å². The summed E-state index contributed by atoms with van der Waals surface area (Å²) in [5, 5.41) is 65.0. The summed E-state index contributed by atoms with van der Waals surface area (Å²) in [5.41, 5.74) is 3.02. The van der Waals surface area contributed by atoms with Crippen LogP contribution in [0, 0.1) is 0 Å². The van der Waals surface area contributed by atoms with Crippen LogP contribution in [0.15, 0.2) is 92.1 Å². The van der Waals surface area contributed by atoms with Gasteiger partial charge in [-0.2, -0.15) is 0 Å². The van der Waals surface area contributed by atoms with Crippen molar-refractivity contribution < 1.29 is 39.1 Å². The minimum absolute atomic E-state index is 0.0119. The average molecular weight is 819 g/mol. The Balaban J connectivity index is 1.09. The Morgan fingerprint density at radius 3 is 1.31 bits per heavy atom. The van der Waals surface area contributed by atoms with Gasteiger partial charge in [-0.05, 0) is 81.4 Å². The first-order valence-electron chi connectivity index (χ1n) is 17.1. The molecule has 54 heavy (non-hydrogen) atoms. The van der Waals surface area contributed by atoms with Crippen LogP contribution in [0.4, 0.5) is 33.0 Å². The summed E-state index contributed by atoms with van der Waals surface area (Å²) < 4.78 is 3.48. The van der Waals surface area contributed by atoms with E-state index in [0.717, 1.165) is 11.4 Å². The van der Waals surface area contributed by atoms with Gasteiger partial charge in [0.05, 0.1) is 36.7 Å². The van der Waals surface area contributed by atoms with Crippen molar-refractivity contribution in [2.75, 3.05) is 87.0 Å². The molecule has 0 fully saturated rings. The maximum atomic E-state index is 12.6. The highest BCUT2D eigenvalue weighted by atomic mass is 33.1. The number of hydrogen-bond donors (Lipinski definition) is 6. The van der Waals surface area contributed by atoms with Gasteiger partial charge in [0.15, 0.2) is 13.1 Å². The van der Waals surface area contributed by atoms with E-state index in [2.05, 4.69) is 31.1 Å². The average Bonchev–Trinajstić information content (AvgIpc) is 3.83. The second-order valence-corrected chi connectivity index (χ2v) is 15.7. The van der Waals surface area contributed by atoms with Crippen molar-refractivity contribution >= 4 is 89.1 Å². The number of carbonyl (C=O) groups excluding carboxylic acids is 2. The second-order valence-electron chi connectivity index (χ2n) is 11.3. The maximum absolute atomic E-state index is 12.6. The molecule has 0 unspecified atom stereocenters. The number of hydrogen-bond acceptors (Lipinski definition) is 16. The predicted octanol–water partition coefficient (Wildman–Crippen LogP) is 3.11. The highest BCUT2D eigenvalue weighted by molar-refractivity contribution is 8.76. The zero-order valence-corrected chi connectivity index (χ0v) is 32.9.